The van der Waals surface area contributed by atoms with E-state index in [-0.39, 0.29) is 16.1 Å². The zero-order valence-electron chi connectivity index (χ0n) is 17.4. The van der Waals surface area contributed by atoms with Crippen LogP contribution in [0.5, 0.6) is 0 Å². The van der Waals surface area contributed by atoms with Gasteiger partial charge >= 0.3 is 0 Å². The van der Waals surface area contributed by atoms with Crippen molar-refractivity contribution in [2.75, 3.05) is 4.31 Å². The van der Waals surface area contributed by atoms with E-state index >= 15 is 0 Å². The molecule has 162 valence electrons. The molecule has 32 heavy (non-hydrogen) atoms. The Morgan fingerprint density at radius 2 is 1.56 bits per heavy atom. The van der Waals surface area contributed by atoms with Gasteiger partial charge in [-0.3, -0.25) is 19.3 Å². The fraction of sp³-hybridized carbons (Fsp3) is 0.0870. The van der Waals surface area contributed by atoms with Crippen LogP contribution in [0.25, 0.3) is 5.69 Å². The Balaban J connectivity index is 2.01. The summed E-state index contributed by atoms with van der Waals surface area (Å²) in [5.74, 6) is -0.868. The number of hydrogen-bond donors (Lipinski definition) is 0. The molecule has 0 N–H and O–H groups in total. The summed E-state index contributed by atoms with van der Waals surface area (Å²) in [7, 11) is -2.77. The van der Waals surface area contributed by atoms with E-state index in [1.54, 1.807) is 56.4 Å². The number of carbonyl (C=O) groups excluding carboxylic acids is 1. The van der Waals surface area contributed by atoms with Gasteiger partial charge < -0.3 is 0 Å². The van der Waals surface area contributed by atoms with Crippen molar-refractivity contribution in [3.8, 4) is 5.69 Å². The van der Waals surface area contributed by atoms with E-state index in [4.69, 9.17) is 0 Å². The van der Waals surface area contributed by atoms with E-state index in [0.29, 0.717) is 15.7 Å². The van der Waals surface area contributed by atoms with Crippen LogP contribution < -0.4 is 9.86 Å². The van der Waals surface area contributed by atoms with Crippen molar-refractivity contribution in [3.05, 3.63) is 107 Å². The first-order chi connectivity index (χ1) is 15.3. The van der Waals surface area contributed by atoms with Gasteiger partial charge in [0.05, 0.1) is 21.8 Å². The van der Waals surface area contributed by atoms with E-state index in [9.17, 15) is 18.0 Å². The minimum atomic E-state index is -4.40. The molecule has 0 atom stereocenters. The number of carbonyl (C=O) groups is 1. The largest absolute Gasteiger partial charge is 0.296 e. The lowest BCUT2D eigenvalue weighted by atomic mass is 10.2. The van der Waals surface area contributed by atoms with Gasteiger partial charge in [-0.05, 0) is 43.3 Å². The van der Waals surface area contributed by atoms with E-state index in [1.165, 1.54) is 46.0 Å². The van der Waals surface area contributed by atoms with Crippen LogP contribution in [0.4, 0.5) is 5.69 Å². The van der Waals surface area contributed by atoms with Crippen molar-refractivity contribution >= 4 is 21.6 Å². The van der Waals surface area contributed by atoms with Gasteiger partial charge in [-0.2, -0.15) is 4.31 Å². The fourth-order valence-corrected chi connectivity index (χ4v) is 4.91. The topological polar surface area (TPSA) is 94.3 Å². The molecular formula is C23H20N4O4S. The molecule has 0 unspecified atom stereocenters. The number of para-hydroxylation sites is 1. The molecule has 8 nitrogen and oxygen atoms in total. The van der Waals surface area contributed by atoms with Crippen molar-refractivity contribution in [3.63, 3.8) is 0 Å². The van der Waals surface area contributed by atoms with Gasteiger partial charge in [-0.1, -0.05) is 36.4 Å². The van der Waals surface area contributed by atoms with Crippen molar-refractivity contribution in [1.82, 2.24) is 14.3 Å². The van der Waals surface area contributed by atoms with Crippen molar-refractivity contribution in [2.45, 2.75) is 11.8 Å². The maximum absolute atomic E-state index is 13.6. The maximum atomic E-state index is 13.6. The third-order valence-electron chi connectivity index (χ3n) is 5.10. The molecule has 0 aliphatic heterocycles. The number of anilines is 1. The van der Waals surface area contributed by atoms with Crippen molar-refractivity contribution in [2.24, 2.45) is 7.05 Å². The third-order valence-corrected chi connectivity index (χ3v) is 6.80. The minimum Gasteiger partial charge on any atom is -0.283 e. The minimum absolute atomic E-state index is 0.0425. The summed E-state index contributed by atoms with van der Waals surface area (Å²) in [6, 6.07) is 19.3. The average Bonchev–Trinajstić information content (AvgIpc) is 3.04. The predicted molar refractivity (Wildman–Crippen MR) is 120 cm³/mol. The summed E-state index contributed by atoms with van der Waals surface area (Å²) in [5, 5.41) is 0. The maximum Gasteiger partial charge on any atom is 0.296 e. The molecule has 0 radical (unpaired) electrons. The Bertz CT molecular complexity index is 1430. The second-order valence-electron chi connectivity index (χ2n) is 7.04. The molecule has 2 aromatic heterocycles. The molecule has 4 aromatic rings. The van der Waals surface area contributed by atoms with Crippen LogP contribution in [-0.2, 0) is 17.1 Å². The van der Waals surface area contributed by atoms with Gasteiger partial charge in [0.15, 0.2) is 0 Å². The van der Waals surface area contributed by atoms with Crippen LogP contribution >= 0.6 is 0 Å². The lowest BCUT2D eigenvalue weighted by Crippen LogP contribution is -2.40. The van der Waals surface area contributed by atoms with Gasteiger partial charge in [-0.15, -0.1) is 0 Å². The van der Waals surface area contributed by atoms with Crippen LogP contribution in [0, 0.1) is 6.92 Å². The Kier molecular flexibility index (Phi) is 5.50. The van der Waals surface area contributed by atoms with Gasteiger partial charge in [-0.25, -0.2) is 13.1 Å². The average molecular weight is 449 g/mol. The number of rotatable bonds is 5. The van der Waals surface area contributed by atoms with Crippen LogP contribution in [0.3, 0.4) is 0 Å². The second kappa shape index (κ2) is 8.27. The first-order valence-electron chi connectivity index (χ1n) is 9.73. The number of benzene rings is 2. The van der Waals surface area contributed by atoms with Crippen LogP contribution in [-0.4, -0.2) is 28.7 Å². The monoisotopic (exact) mass is 448 g/mol. The highest BCUT2D eigenvalue weighted by Crippen LogP contribution is 2.27. The Labute approximate surface area is 185 Å². The molecule has 0 aliphatic rings. The molecule has 0 fully saturated rings. The summed E-state index contributed by atoms with van der Waals surface area (Å²) in [5.41, 5.74) is 0.0266. The Morgan fingerprint density at radius 1 is 0.938 bits per heavy atom. The Hall–Kier alpha value is -3.98. The summed E-state index contributed by atoms with van der Waals surface area (Å²) in [6.07, 6.45) is 2.74. The lowest BCUT2D eigenvalue weighted by molar-refractivity contribution is 0.100. The van der Waals surface area contributed by atoms with Crippen LogP contribution in [0.15, 0.2) is 94.9 Å². The number of pyridine rings is 1. The number of sulfonamides is 1. The SMILES string of the molecule is Cc1c(N(C(=O)c2cccnc2)S(=O)(=O)c2ccccc2)c(=O)n(-c2ccccc2)n1C. The molecule has 2 aromatic carbocycles. The highest BCUT2D eigenvalue weighted by atomic mass is 32.2. The quantitative estimate of drug-likeness (QED) is 0.468. The second-order valence-corrected chi connectivity index (χ2v) is 8.83. The fourth-order valence-electron chi connectivity index (χ4n) is 3.42. The van der Waals surface area contributed by atoms with E-state index in [0.717, 1.165) is 0 Å². The van der Waals surface area contributed by atoms with Crippen LogP contribution in [0.2, 0.25) is 0 Å². The molecule has 0 saturated carbocycles. The molecular weight excluding hydrogens is 428 g/mol. The number of nitrogens with zero attached hydrogens (tertiary/aromatic N) is 4. The zero-order chi connectivity index (χ0) is 22.9. The van der Waals surface area contributed by atoms with Gasteiger partial charge in [0.25, 0.3) is 21.5 Å². The normalized spacial score (nSPS) is 11.3. The van der Waals surface area contributed by atoms with E-state index in [1.807, 2.05) is 6.07 Å². The third kappa shape index (κ3) is 3.52. The standard InChI is InChI=1S/C23H20N4O4S/c1-17-21(23(29)26(25(17)2)19-11-5-3-6-12-19)27(22(28)18-10-9-15-24-16-18)32(30,31)20-13-7-4-8-14-20/h3-16H,1-2H3. The first-order valence-corrected chi connectivity index (χ1v) is 11.2. The molecule has 0 bridgehead atoms. The van der Waals surface area contributed by atoms with E-state index < -0.39 is 21.5 Å². The number of amides is 1. The summed E-state index contributed by atoms with van der Waals surface area (Å²) in [4.78, 5) is 30.8. The molecule has 2 heterocycles. The van der Waals surface area contributed by atoms with Gasteiger partial charge in [0.2, 0.25) is 0 Å². The number of aromatic nitrogens is 3. The predicted octanol–water partition coefficient (Wildman–Crippen LogP) is 2.92. The first kappa shape index (κ1) is 21.3. The van der Waals surface area contributed by atoms with Crippen LogP contribution in [0.1, 0.15) is 16.1 Å². The van der Waals surface area contributed by atoms with Crippen molar-refractivity contribution in [1.29, 1.82) is 0 Å². The van der Waals surface area contributed by atoms with E-state index in [2.05, 4.69) is 4.98 Å². The Morgan fingerprint density at radius 3 is 2.16 bits per heavy atom. The summed E-state index contributed by atoms with van der Waals surface area (Å²) >= 11 is 0. The highest BCUT2D eigenvalue weighted by molar-refractivity contribution is 7.93. The summed E-state index contributed by atoms with van der Waals surface area (Å²) < 4.78 is 30.7. The molecule has 0 aliphatic carbocycles. The molecule has 0 saturated heterocycles. The molecule has 1 amide bonds. The smallest absolute Gasteiger partial charge is 0.283 e. The molecule has 0 spiro atoms. The zero-order valence-corrected chi connectivity index (χ0v) is 18.2. The number of hydrogen-bond acceptors (Lipinski definition) is 5. The van der Waals surface area contributed by atoms with Gasteiger partial charge in [0, 0.05) is 19.4 Å². The molecule has 9 heteroatoms. The van der Waals surface area contributed by atoms with Gasteiger partial charge in [0.1, 0.15) is 5.69 Å². The summed E-state index contributed by atoms with van der Waals surface area (Å²) in [6.45, 7) is 1.60. The lowest BCUT2D eigenvalue weighted by Gasteiger charge is -2.21. The van der Waals surface area contributed by atoms with Crippen molar-refractivity contribution < 1.29 is 13.2 Å². The molecule has 4 rings (SSSR count). The highest BCUT2D eigenvalue weighted by Gasteiger charge is 2.37.